The molecule has 1 aromatic heterocycles. The van der Waals surface area contributed by atoms with Crippen molar-refractivity contribution in [2.75, 3.05) is 61.0 Å². The number of carbonyl (C=O) groups excluding carboxylic acids is 2. The fourth-order valence-electron chi connectivity index (χ4n) is 2.51. The van der Waals surface area contributed by atoms with Crippen LogP contribution in [0.3, 0.4) is 0 Å². The molecule has 2 amide bonds. The molecule has 0 aromatic carbocycles. The molecular weight excluding hydrogens is 350 g/mol. The van der Waals surface area contributed by atoms with Gasteiger partial charge in [-0.15, -0.1) is 0 Å². The van der Waals surface area contributed by atoms with E-state index in [1.165, 1.54) is 9.80 Å². The van der Waals surface area contributed by atoms with Gasteiger partial charge in [-0.2, -0.15) is 5.10 Å². The Balaban J connectivity index is 2.11. The molecule has 1 aliphatic rings. The Morgan fingerprint density at radius 1 is 1.30 bits per heavy atom. The minimum Gasteiger partial charge on any atom is -0.370 e. The van der Waals surface area contributed by atoms with E-state index in [0.29, 0.717) is 25.7 Å². The van der Waals surface area contributed by atoms with Gasteiger partial charge in [-0.1, -0.05) is 0 Å². The highest BCUT2D eigenvalue weighted by Gasteiger charge is 2.26. The van der Waals surface area contributed by atoms with Crippen molar-refractivity contribution in [2.45, 2.75) is 6.10 Å². The van der Waals surface area contributed by atoms with Crippen LogP contribution in [-0.2, 0) is 21.4 Å². The average molecular weight is 379 g/mol. The van der Waals surface area contributed by atoms with Gasteiger partial charge < -0.3 is 24.8 Å². The number of nitrogens with zero attached hydrogens (tertiary/aromatic N) is 6. The molecule has 0 aliphatic carbocycles. The molecule has 0 bridgehead atoms. The zero-order chi connectivity index (χ0) is 20.0. The van der Waals surface area contributed by atoms with Crippen LogP contribution in [-0.4, -0.2) is 103 Å². The fourth-order valence-corrected chi connectivity index (χ4v) is 2.51. The average Bonchev–Trinajstić information content (AvgIpc) is 3.07. The number of nitrogens with one attached hydrogen (secondary N) is 1. The highest BCUT2D eigenvalue weighted by molar-refractivity contribution is 5.88. The summed E-state index contributed by atoms with van der Waals surface area (Å²) in [5.74, 6) is 0.349. The Kier molecular flexibility index (Phi) is 7.17. The number of morpholine rings is 1. The summed E-state index contributed by atoms with van der Waals surface area (Å²) in [6, 6.07) is 0. The van der Waals surface area contributed by atoms with E-state index in [2.05, 4.69) is 15.4 Å². The number of aromatic nitrogens is 2. The first-order valence-corrected chi connectivity index (χ1v) is 8.81. The first-order valence-electron chi connectivity index (χ1n) is 8.81. The maximum absolute atomic E-state index is 11.9. The van der Waals surface area contributed by atoms with E-state index in [1.54, 1.807) is 39.1 Å². The summed E-state index contributed by atoms with van der Waals surface area (Å²) in [7, 11) is 8.63. The summed E-state index contributed by atoms with van der Waals surface area (Å²) in [5.41, 5.74) is 0.982. The van der Waals surface area contributed by atoms with Crippen LogP contribution >= 0.6 is 0 Å². The van der Waals surface area contributed by atoms with Crippen LogP contribution < -0.4 is 5.32 Å². The summed E-state index contributed by atoms with van der Waals surface area (Å²) < 4.78 is 7.59. The number of aryl methyl sites for hydroxylation is 1. The number of carbonyl (C=O) groups is 2. The van der Waals surface area contributed by atoms with Crippen LogP contribution in [0.4, 0.5) is 0 Å². The number of rotatable bonds is 5. The predicted octanol–water partition coefficient (Wildman–Crippen LogP) is -1.08. The van der Waals surface area contributed by atoms with Crippen molar-refractivity contribution < 1.29 is 14.3 Å². The largest absolute Gasteiger partial charge is 0.370 e. The van der Waals surface area contributed by atoms with Gasteiger partial charge in [0.15, 0.2) is 5.96 Å². The van der Waals surface area contributed by atoms with Crippen LogP contribution in [0.2, 0.25) is 0 Å². The molecular formula is C17H29N7O3. The van der Waals surface area contributed by atoms with Crippen molar-refractivity contribution in [3.05, 3.63) is 18.0 Å². The molecule has 0 radical (unpaired) electrons. The first kappa shape index (κ1) is 20.7. The third kappa shape index (κ3) is 5.95. The van der Waals surface area contributed by atoms with Crippen molar-refractivity contribution in [2.24, 2.45) is 12.0 Å². The SMILES string of the molecule is CN(C)C(=O)CN=C(NCC(=O)N(C)C)N1CCOC(c2cnn(C)c2)C1. The Morgan fingerprint density at radius 2 is 2.00 bits per heavy atom. The smallest absolute Gasteiger partial charge is 0.243 e. The van der Waals surface area contributed by atoms with Crippen LogP contribution in [0.1, 0.15) is 11.7 Å². The number of aliphatic imine (C=N–C) groups is 1. The summed E-state index contributed by atoms with van der Waals surface area (Å²) in [6.07, 6.45) is 3.56. The summed E-state index contributed by atoms with van der Waals surface area (Å²) in [5, 5.41) is 7.27. The Morgan fingerprint density at radius 3 is 2.59 bits per heavy atom. The molecule has 1 aromatic rings. The summed E-state index contributed by atoms with van der Waals surface area (Å²) >= 11 is 0. The number of ether oxygens (including phenoxy) is 1. The fraction of sp³-hybridized carbons (Fsp3) is 0.647. The van der Waals surface area contributed by atoms with Crippen LogP contribution in [0.5, 0.6) is 0 Å². The molecule has 1 unspecified atom stereocenters. The summed E-state index contributed by atoms with van der Waals surface area (Å²) in [4.78, 5) is 33.3. The van der Waals surface area contributed by atoms with E-state index >= 15 is 0 Å². The van der Waals surface area contributed by atoms with Crippen LogP contribution in [0.25, 0.3) is 0 Å². The third-order valence-corrected chi connectivity index (χ3v) is 4.22. The van der Waals surface area contributed by atoms with E-state index in [1.807, 2.05) is 18.1 Å². The molecule has 150 valence electrons. The van der Waals surface area contributed by atoms with Gasteiger partial charge in [0.25, 0.3) is 0 Å². The monoisotopic (exact) mass is 379 g/mol. The molecule has 1 fully saturated rings. The summed E-state index contributed by atoms with van der Waals surface area (Å²) in [6.45, 7) is 1.82. The molecule has 10 heteroatoms. The maximum Gasteiger partial charge on any atom is 0.243 e. The molecule has 1 N–H and O–H groups in total. The number of likely N-dealkylation sites (N-methyl/N-ethyl adjacent to an activating group) is 2. The van der Waals surface area contributed by atoms with Gasteiger partial charge in [-0.3, -0.25) is 14.3 Å². The van der Waals surface area contributed by atoms with Crippen molar-refractivity contribution >= 4 is 17.8 Å². The second-order valence-electron chi connectivity index (χ2n) is 6.82. The second kappa shape index (κ2) is 9.36. The van der Waals surface area contributed by atoms with Gasteiger partial charge in [0.05, 0.1) is 25.9 Å². The van der Waals surface area contributed by atoms with Gasteiger partial charge in [-0.25, -0.2) is 4.99 Å². The highest BCUT2D eigenvalue weighted by Crippen LogP contribution is 2.21. The van der Waals surface area contributed by atoms with Gasteiger partial charge in [0, 0.05) is 53.5 Å². The molecule has 0 saturated carbocycles. The lowest BCUT2D eigenvalue weighted by Gasteiger charge is -2.35. The zero-order valence-corrected chi connectivity index (χ0v) is 16.7. The van der Waals surface area contributed by atoms with Crippen LogP contribution in [0, 0.1) is 0 Å². The molecule has 27 heavy (non-hydrogen) atoms. The number of guanidine groups is 1. The zero-order valence-electron chi connectivity index (χ0n) is 16.7. The van der Waals surface area contributed by atoms with Crippen molar-refractivity contribution in [1.82, 2.24) is 29.8 Å². The second-order valence-corrected chi connectivity index (χ2v) is 6.82. The number of amides is 2. The van der Waals surface area contributed by atoms with Gasteiger partial charge in [0.2, 0.25) is 11.8 Å². The molecule has 1 saturated heterocycles. The van der Waals surface area contributed by atoms with Gasteiger partial charge in [0.1, 0.15) is 12.6 Å². The number of hydrogen-bond donors (Lipinski definition) is 1. The third-order valence-electron chi connectivity index (χ3n) is 4.22. The van der Waals surface area contributed by atoms with Crippen molar-refractivity contribution in [1.29, 1.82) is 0 Å². The lowest BCUT2D eigenvalue weighted by molar-refractivity contribution is -0.127. The Hall–Kier alpha value is -2.62. The van der Waals surface area contributed by atoms with E-state index in [9.17, 15) is 9.59 Å². The minimum absolute atomic E-state index is 0.0143. The first-order chi connectivity index (χ1) is 12.8. The highest BCUT2D eigenvalue weighted by atomic mass is 16.5. The molecule has 1 aliphatic heterocycles. The lowest BCUT2D eigenvalue weighted by Crippen LogP contribution is -2.50. The standard InChI is InChI=1S/C17H29N7O3/c1-21(2)15(25)9-18-17(19-10-16(26)22(3)4)24-6-7-27-14(12-24)13-8-20-23(5)11-13/h8,11,14H,6-7,9-10,12H2,1-5H3,(H,18,19). The minimum atomic E-state index is -0.145. The van der Waals surface area contributed by atoms with E-state index < -0.39 is 0 Å². The molecule has 2 heterocycles. The van der Waals surface area contributed by atoms with Crippen molar-refractivity contribution in [3.8, 4) is 0 Å². The molecule has 0 spiro atoms. The predicted molar refractivity (Wildman–Crippen MR) is 101 cm³/mol. The topological polar surface area (TPSA) is 95.3 Å². The lowest BCUT2D eigenvalue weighted by atomic mass is 10.1. The molecule has 1 atom stereocenters. The Labute approximate surface area is 159 Å². The number of hydrogen-bond acceptors (Lipinski definition) is 5. The van der Waals surface area contributed by atoms with Gasteiger partial charge >= 0.3 is 0 Å². The Bertz CT molecular complexity index is 684. The van der Waals surface area contributed by atoms with Gasteiger partial charge in [-0.05, 0) is 0 Å². The normalized spacial score (nSPS) is 17.6. The quantitative estimate of drug-likeness (QED) is 0.516. The van der Waals surface area contributed by atoms with Crippen molar-refractivity contribution in [3.63, 3.8) is 0 Å². The molecule has 10 nitrogen and oxygen atoms in total. The van der Waals surface area contributed by atoms with E-state index in [-0.39, 0.29) is 31.0 Å². The maximum atomic E-state index is 11.9. The molecule has 2 rings (SSSR count). The van der Waals surface area contributed by atoms with Crippen LogP contribution in [0.15, 0.2) is 17.4 Å². The van der Waals surface area contributed by atoms with E-state index in [0.717, 1.165) is 5.56 Å². The van der Waals surface area contributed by atoms with E-state index in [4.69, 9.17) is 4.74 Å².